The zero-order valence-corrected chi connectivity index (χ0v) is 16.3. The monoisotopic (exact) mass is 366 g/mol. The minimum atomic E-state index is -0.0681. The third-order valence-corrected chi connectivity index (χ3v) is 5.18. The average Bonchev–Trinajstić information content (AvgIpc) is 2.66. The van der Waals surface area contributed by atoms with E-state index in [0.717, 1.165) is 17.7 Å². The fourth-order valence-electron chi connectivity index (χ4n) is 3.76. The fraction of sp³-hybridized carbons (Fsp3) is 0.364. The summed E-state index contributed by atoms with van der Waals surface area (Å²) in [6.07, 6.45) is 0.809. The second-order valence-corrected chi connectivity index (χ2v) is 7.11. The maximum absolute atomic E-state index is 13.2. The van der Waals surface area contributed by atoms with Gasteiger partial charge in [-0.25, -0.2) is 0 Å². The van der Waals surface area contributed by atoms with Gasteiger partial charge in [-0.3, -0.25) is 9.59 Å². The topological polar surface area (TPSA) is 58.6 Å². The van der Waals surface area contributed by atoms with E-state index >= 15 is 0 Å². The number of hydrogen-bond donors (Lipinski definition) is 1. The summed E-state index contributed by atoms with van der Waals surface area (Å²) in [6, 6.07) is 13.6. The molecule has 0 spiro atoms. The van der Waals surface area contributed by atoms with Gasteiger partial charge in [-0.1, -0.05) is 18.2 Å². The van der Waals surface area contributed by atoms with Crippen molar-refractivity contribution in [1.82, 2.24) is 10.2 Å². The lowest BCUT2D eigenvalue weighted by molar-refractivity contribution is -0.119. The van der Waals surface area contributed by atoms with E-state index in [1.165, 1.54) is 18.1 Å². The van der Waals surface area contributed by atoms with Crippen LogP contribution >= 0.6 is 0 Å². The minimum absolute atomic E-state index is 0.00112. The molecule has 0 unspecified atom stereocenters. The normalized spacial score (nSPS) is 18.6. The molecule has 2 aromatic rings. The zero-order chi connectivity index (χ0) is 19.6. The Morgan fingerprint density at radius 1 is 1.15 bits per heavy atom. The van der Waals surface area contributed by atoms with Gasteiger partial charge in [-0.15, -0.1) is 0 Å². The molecule has 0 fully saturated rings. The molecule has 5 heteroatoms. The van der Waals surface area contributed by atoms with E-state index in [1.807, 2.05) is 35.2 Å². The Hall–Kier alpha value is -2.82. The third-order valence-electron chi connectivity index (χ3n) is 5.18. The Labute approximate surface area is 160 Å². The number of nitrogens with zero attached hydrogens (tertiary/aromatic N) is 1. The molecule has 1 aliphatic heterocycles. The molecule has 3 rings (SSSR count). The predicted molar refractivity (Wildman–Crippen MR) is 105 cm³/mol. The van der Waals surface area contributed by atoms with Gasteiger partial charge in [0.05, 0.1) is 13.2 Å². The molecule has 27 heavy (non-hydrogen) atoms. The van der Waals surface area contributed by atoms with E-state index in [-0.39, 0.29) is 23.9 Å². The third kappa shape index (κ3) is 3.97. The Kier molecular flexibility index (Phi) is 5.49. The Bertz CT molecular complexity index is 845. The van der Waals surface area contributed by atoms with Crippen LogP contribution in [0.15, 0.2) is 42.5 Å². The summed E-state index contributed by atoms with van der Waals surface area (Å²) in [6.45, 7) is 6.12. The van der Waals surface area contributed by atoms with Gasteiger partial charge in [0.2, 0.25) is 5.91 Å². The molecular weight excluding hydrogens is 340 g/mol. The van der Waals surface area contributed by atoms with Crippen LogP contribution in [0.1, 0.15) is 53.9 Å². The highest BCUT2D eigenvalue weighted by Gasteiger charge is 2.33. The average molecular weight is 366 g/mol. The number of ether oxygens (including phenoxy) is 1. The molecule has 0 radical (unpaired) electrons. The van der Waals surface area contributed by atoms with Gasteiger partial charge in [0.25, 0.3) is 5.91 Å². The van der Waals surface area contributed by atoms with Gasteiger partial charge in [0.1, 0.15) is 5.75 Å². The minimum Gasteiger partial charge on any atom is -0.497 e. The van der Waals surface area contributed by atoms with Crippen molar-refractivity contribution in [2.24, 2.45) is 0 Å². The van der Waals surface area contributed by atoms with Crippen molar-refractivity contribution in [2.75, 3.05) is 7.11 Å². The molecule has 5 nitrogen and oxygen atoms in total. The summed E-state index contributed by atoms with van der Waals surface area (Å²) in [4.78, 5) is 26.2. The van der Waals surface area contributed by atoms with E-state index in [0.29, 0.717) is 12.1 Å². The van der Waals surface area contributed by atoms with Crippen molar-refractivity contribution >= 4 is 11.8 Å². The molecule has 0 bridgehead atoms. The molecule has 0 aliphatic carbocycles. The van der Waals surface area contributed by atoms with Crippen LogP contribution in [0.25, 0.3) is 0 Å². The first kappa shape index (κ1) is 19.0. The van der Waals surface area contributed by atoms with Gasteiger partial charge in [-0.05, 0) is 61.2 Å². The maximum Gasteiger partial charge on any atom is 0.254 e. The number of rotatable bonds is 4. The van der Waals surface area contributed by atoms with Crippen LogP contribution in [0.4, 0.5) is 0 Å². The van der Waals surface area contributed by atoms with E-state index in [9.17, 15) is 9.59 Å². The summed E-state index contributed by atoms with van der Waals surface area (Å²) in [7, 11) is 1.67. The smallest absolute Gasteiger partial charge is 0.254 e. The van der Waals surface area contributed by atoms with Crippen molar-refractivity contribution < 1.29 is 14.3 Å². The van der Waals surface area contributed by atoms with Crippen LogP contribution in [0.2, 0.25) is 0 Å². The molecule has 2 aromatic carbocycles. The van der Waals surface area contributed by atoms with Crippen LogP contribution in [0.3, 0.4) is 0 Å². The summed E-state index contributed by atoms with van der Waals surface area (Å²) in [5.41, 5.74) is 4.05. The number of hydrogen-bond acceptors (Lipinski definition) is 3. The van der Waals surface area contributed by atoms with Gasteiger partial charge in [0.15, 0.2) is 0 Å². The van der Waals surface area contributed by atoms with E-state index < -0.39 is 0 Å². The lowest BCUT2D eigenvalue weighted by Gasteiger charge is -2.40. The zero-order valence-electron chi connectivity index (χ0n) is 16.3. The molecule has 0 saturated heterocycles. The molecule has 1 heterocycles. The van der Waals surface area contributed by atoms with Crippen molar-refractivity contribution in [3.63, 3.8) is 0 Å². The maximum atomic E-state index is 13.2. The quantitative estimate of drug-likeness (QED) is 0.901. The largest absolute Gasteiger partial charge is 0.497 e. The van der Waals surface area contributed by atoms with Crippen LogP contribution in [0, 0.1) is 0 Å². The first-order chi connectivity index (χ1) is 12.9. The molecule has 142 valence electrons. The van der Waals surface area contributed by atoms with Crippen molar-refractivity contribution in [3.8, 4) is 5.75 Å². The lowest BCUT2D eigenvalue weighted by Crippen LogP contribution is -2.45. The fourth-order valence-corrected chi connectivity index (χ4v) is 3.76. The van der Waals surface area contributed by atoms with Crippen LogP contribution in [0.5, 0.6) is 5.75 Å². The first-order valence-electron chi connectivity index (χ1n) is 9.23. The SMILES string of the molecule is COc1ccc2c(c1)C[C@@H](C)N(C(=O)c1ccc(CNC(C)=O)cc1)[C@@H]2C. The summed E-state index contributed by atoms with van der Waals surface area (Å²) < 4.78 is 5.33. The number of carbonyl (C=O) groups excluding carboxylic acids is 2. The summed E-state index contributed by atoms with van der Waals surface area (Å²) >= 11 is 0. The molecule has 0 saturated carbocycles. The Morgan fingerprint density at radius 2 is 1.85 bits per heavy atom. The number of fused-ring (bicyclic) bond motifs is 1. The highest BCUT2D eigenvalue weighted by Crippen LogP contribution is 2.35. The summed E-state index contributed by atoms with van der Waals surface area (Å²) in [5.74, 6) is 0.812. The number of amides is 2. The standard InChI is InChI=1S/C22H26N2O3/c1-14-11-19-12-20(27-4)9-10-21(19)15(2)24(14)22(26)18-7-5-17(6-8-18)13-23-16(3)25/h5-10,12,14-15H,11,13H2,1-4H3,(H,23,25)/t14-,15-/m1/s1. The first-order valence-corrected chi connectivity index (χ1v) is 9.23. The highest BCUT2D eigenvalue weighted by atomic mass is 16.5. The number of methoxy groups -OCH3 is 1. The molecule has 1 aliphatic rings. The predicted octanol–water partition coefficient (Wildman–Crippen LogP) is 3.48. The van der Waals surface area contributed by atoms with E-state index in [4.69, 9.17) is 4.74 Å². The van der Waals surface area contributed by atoms with Crippen LogP contribution in [-0.4, -0.2) is 29.9 Å². The number of nitrogens with one attached hydrogen (secondary N) is 1. The lowest BCUT2D eigenvalue weighted by atomic mass is 9.88. The highest BCUT2D eigenvalue weighted by molar-refractivity contribution is 5.95. The van der Waals surface area contributed by atoms with Crippen molar-refractivity contribution in [3.05, 3.63) is 64.7 Å². The van der Waals surface area contributed by atoms with E-state index in [1.54, 1.807) is 7.11 Å². The number of carbonyl (C=O) groups is 2. The van der Waals surface area contributed by atoms with Crippen LogP contribution in [-0.2, 0) is 17.8 Å². The van der Waals surface area contributed by atoms with Crippen molar-refractivity contribution in [2.45, 2.75) is 45.8 Å². The van der Waals surface area contributed by atoms with Crippen LogP contribution < -0.4 is 10.1 Å². The van der Waals surface area contributed by atoms with E-state index in [2.05, 4.69) is 31.3 Å². The van der Waals surface area contributed by atoms with Gasteiger partial charge in [0, 0.05) is 25.1 Å². The summed E-state index contributed by atoms with van der Waals surface area (Å²) in [5, 5.41) is 2.76. The molecular formula is C22H26N2O3. The number of benzene rings is 2. The van der Waals surface area contributed by atoms with Gasteiger partial charge in [-0.2, -0.15) is 0 Å². The Balaban J connectivity index is 1.80. The Morgan fingerprint density at radius 3 is 2.48 bits per heavy atom. The van der Waals surface area contributed by atoms with Gasteiger partial charge < -0.3 is 15.0 Å². The second kappa shape index (κ2) is 7.82. The molecule has 1 N–H and O–H groups in total. The molecule has 2 amide bonds. The molecule has 0 aromatic heterocycles. The van der Waals surface area contributed by atoms with Crippen molar-refractivity contribution in [1.29, 1.82) is 0 Å². The second-order valence-electron chi connectivity index (χ2n) is 7.11. The van der Waals surface area contributed by atoms with Gasteiger partial charge >= 0.3 is 0 Å². The molecule has 2 atom stereocenters.